The van der Waals surface area contributed by atoms with Gasteiger partial charge in [0.05, 0.1) is 20.3 Å². The van der Waals surface area contributed by atoms with Crippen LogP contribution < -0.4 is 19.5 Å². The van der Waals surface area contributed by atoms with Gasteiger partial charge in [0.2, 0.25) is 5.78 Å². The summed E-state index contributed by atoms with van der Waals surface area (Å²) in [6.07, 6.45) is 3.68. The summed E-state index contributed by atoms with van der Waals surface area (Å²) < 4.78 is 19.0. The van der Waals surface area contributed by atoms with Crippen LogP contribution in [0.5, 0.6) is 17.2 Å². The van der Waals surface area contributed by atoms with E-state index in [1.54, 1.807) is 13.3 Å². The van der Waals surface area contributed by atoms with Crippen LogP contribution in [0.2, 0.25) is 0 Å². The summed E-state index contributed by atoms with van der Waals surface area (Å²) >= 11 is 0. The minimum absolute atomic E-state index is 0.551. The van der Waals surface area contributed by atoms with E-state index < -0.39 is 0 Å². The molecule has 0 aliphatic heterocycles. The molecule has 0 aliphatic carbocycles. The Kier molecular flexibility index (Phi) is 6.21. The highest BCUT2D eigenvalue weighted by Crippen LogP contribution is 2.36. The first-order valence-electron chi connectivity index (χ1n) is 10.3. The van der Waals surface area contributed by atoms with Gasteiger partial charge in [0.25, 0.3) is 0 Å². The predicted molar refractivity (Wildman–Crippen MR) is 121 cm³/mol. The third kappa shape index (κ3) is 4.26. The van der Waals surface area contributed by atoms with Crippen molar-refractivity contribution in [2.45, 2.75) is 20.4 Å². The summed E-state index contributed by atoms with van der Waals surface area (Å²) in [5.41, 5.74) is 2.76. The maximum absolute atomic E-state index is 5.81. The number of hydrogen-bond donors (Lipinski definition) is 1. The van der Waals surface area contributed by atoms with Crippen LogP contribution in [0.4, 0.5) is 5.82 Å². The van der Waals surface area contributed by atoms with Crippen LogP contribution in [0.15, 0.2) is 60.9 Å². The summed E-state index contributed by atoms with van der Waals surface area (Å²) in [4.78, 5) is 9.19. The average Bonchev–Trinajstić information content (AvgIpc) is 3.18. The molecule has 4 aromatic rings. The molecule has 0 atom stereocenters. The van der Waals surface area contributed by atoms with Gasteiger partial charge in [-0.05, 0) is 44.2 Å². The van der Waals surface area contributed by atoms with Gasteiger partial charge in [0, 0.05) is 30.1 Å². The third-order valence-electron chi connectivity index (χ3n) is 4.86. The molecule has 160 valence electrons. The van der Waals surface area contributed by atoms with Crippen LogP contribution >= 0.6 is 0 Å². The second kappa shape index (κ2) is 9.38. The van der Waals surface area contributed by atoms with E-state index in [2.05, 4.69) is 10.3 Å². The maximum atomic E-state index is 5.81. The van der Waals surface area contributed by atoms with Gasteiger partial charge in [-0.25, -0.2) is 9.97 Å². The number of aromatic nitrogens is 3. The van der Waals surface area contributed by atoms with E-state index in [-0.39, 0.29) is 0 Å². The van der Waals surface area contributed by atoms with Gasteiger partial charge in [-0.2, -0.15) is 0 Å². The highest BCUT2D eigenvalue weighted by Gasteiger charge is 2.17. The molecule has 0 aliphatic rings. The summed E-state index contributed by atoms with van der Waals surface area (Å²) in [6.45, 7) is 5.61. The lowest BCUT2D eigenvalue weighted by Gasteiger charge is -2.14. The van der Waals surface area contributed by atoms with Gasteiger partial charge in [0.15, 0.2) is 11.5 Å². The number of rotatable bonds is 9. The smallest absolute Gasteiger partial charge is 0.235 e. The Hall–Kier alpha value is -3.74. The van der Waals surface area contributed by atoms with E-state index in [9.17, 15) is 0 Å². The van der Waals surface area contributed by atoms with Crippen molar-refractivity contribution in [3.8, 4) is 28.5 Å². The van der Waals surface area contributed by atoms with Crippen LogP contribution in [-0.4, -0.2) is 34.7 Å². The van der Waals surface area contributed by atoms with E-state index in [1.165, 1.54) is 0 Å². The summed E-state index contributed by atoms with van der Waals surface area (Å²) in [7, 11) is 1.68. The minimum Gasteiger partial charge on any atom is -0.496 e. The molecule has 0 spiro atoms. The molecule has 2 heterocycles. The van der Waals surface area contributed by atoms with E-state index in [4.69, 9.17) is 19.2 Å². The molecule has 0 saturated carbocycles. The topological polar surface area (TPSA) is 69.9 Å². The van der Waals surface area contributed by atoms with Crippen LogP contribution in [-0.2, 0) is 6.54 Å². The van der Waals surface area contributed by atoms with Crippen molar-refractivity contribution >= 4 is 11.6 Å². The number of para-hydroxylation sites is 1. The van der Waals surface area contributed by atoms with Crippen molar-refractivity contribution in [3.63, 3.8) is 0 Å². The van der Waals surface area contributed by atoms with Gasteiger partial charge >= 0.3 is 0 Å². The first-order valence-corrected chi connectivity index (χ1v) is 10.3. The molecule has 2 aromatic heterocycles. The molecule has 7 nitrogen and oxygen atoms in total. The molecule has 2 aromatic carbocycles. The highest BCUT2D eigenvalue weighted by molar-refractivity contribution is 5.77. The Morgan fingerprint density at radius 3 is 2.55 bits per heavy atom. The van der Waals surface area contributed by atoms with Crippen molar-refractivity contribution in [1.29, 1.82) is 0 Å². The number of methoxy groups -OCH3 is 1. The molecule has 0 radical (unpaired) electrons. The predicted octanol–water partition coefficient (Wildman–Crippen LogP) is 4.81. The molecule has 4 rings (SSSR count). The number of hydrogen-bond acceptors (Lipinski definition) is 6. The Bertz CT molecular complexity index is 1170. The number of nitrogens with one attached hydrogen (secondary N) is 1. The summed E-state index contributed by atoms with van der Waals surface area (Å²) in [6, 6.07) is 15.7. The Morgan fingerprint density at radius 2 is 1.74 bits per heavy atom. The second-order valence-electron chi connectivity index (χ2n) is 6.79. The van der Waals surface area contributed by atoms with Crippen LogP contribution in [0.3, 0.4) is 0 Å². The molecule has 31 heavy (non-hydrogen) atoms. The Morgan fingerprint density at radius 1 is 0.935 bits per heavy atom. The second-order valence-corrected chi connectivity index (χ2v) is 6.79. The zero-order valence-electron chi connectivity index (χ0n) is 18.0. The lowest BCUT2D eigenvalue weighted by atomic mass is 10.1. The fourth-order valence-corrected chi connectivity index (χ4v) is 3.48. The summed E-state index contributed by atoms with van der Waals surface area (Å²) in [5, 5.41) is 3.53. The number of imidazole rings is 1. The number of fused-ring (bicyclic) bond motifs is 1. The van der Waals surface area contributed by atoms with Gasteiger partial charge in [-0.1, -0.05) is 18.2 Å². The zero-order valence-corrected chi connectivity index (χ0v) is 18.0. The van der Waals surface area contributed by atoms with Crippen molar-refractivity contribution in [2.24, 2.45) is 0 Å². The monoisotopic (exact) mass is 418 g/mol. The van der Waals surface area contributed by atoms with E-state index in [0.29, 0.717) is 31.3 Å². The Labute approximate surface area is 181 Å². The largest absolute Gasteiger partial charge is 0.496 e. The standard InChI is InChI=1S/C24H26N4O3/c1-4-30-20-12-11-17(15-21(20)31-5-2)22-23(28-14-8-13-25-24(28)27-22)26-16-18-9-6-7-10-19(18)29-3/h6-15,26H,4-5,16H2,1-3H3. The van der Waals surface area contributed by atoms with Crippen LogP contribution in [0.1, 0.15) is 19.4 Å². The normalized spacial score (nSPS) is 10.8. The quantitative estimate of drug-likeness (QED) is 0.420. The lowest BCUT2D eigenvalue weighted by molar-refractivity contribution is 0.288. The van der Waals surface area contributed by atoms with E-state index in [1.807, 2.05) is 73.0 Å². The van der Waals surface area contributed by atoms with Gasteiger partial charge in [-0.3, -0.25) is 4.40 Å². The van der Waals surface area contributed by atoms with E-state index in [0.717, 1.165) is 34.1 Å². The van der Waals surface area contributed by atoms with Crippen LogP contribution in [0, 0.1) is 0 Å². The third-order valence-corrected chi connectivity index (χ3v) is 4.86. The minimum atomic E-state index is 0.551. The number of nitrogens with zero attached hydrogens (tertiary/aromatic N) is 3. The number of benzene rings is 2. The summed E-state index contributed by atoms with van der Waals surface area (Å²) in [5.74, 6) is 3.72. The highest BCUT2D eigenvalue weighted by atomic mass is 16.5. The maximum Gasteiger partial charge on any atom is 0.235 e. The fraction of sp³-hybridized carbons (Fsp3) is 0.250. The van der Waals surface area contributed by atoms with Crippen LogP contribution in [0.25, 0.3) is 17.0 Å². The van der Waals surface area contributed by atoms with Crippen molar-refractivity contribution in [3.05, 3.63) is 66.5 Å². The van der Waals surface area contributed by atoms with Crippen molar-refractivity contribution in [2.75, 3.05) is 25.6 Å². The Balaban J connectivity index is 1.75. The molecular weight excluding hydrogens is 392 g/mol. The van der Waals surface area contributed by atoms with Crippen molar-refractivity contribution < 1.29 is 14.2 Å². The number of ether oxygens (including phenoxy) is 3. The van der Waals surface area contributed by atoms with Gasteiger partial charge in [0.1, 0.15) is 17.3 Å². The molecule has 0 fully saturated rings. The van der Waals surface area contributed by atoms with E-state index >= 15 is 0 Å². The molecule has 0 unspecified atom stereocenters. The molecule has 7 heteroatoms. The van der Waals surface area contributed by atoms with Crippen molar-refractivity contribution in [1.82, 2.24) is 14.4 Å². The fourth-order valence-electron chi connectivity index (χ4n) is 3.48. The molecular formula is C24H26N4O3. The molecule has 0 amide bonds. The van der Waals surface area contributed by atoms with Gasteiger partial charge in [-0.15, -0.1) is 0 Å². The molecule has 0 bridgehead atoms. The molecule has 0 saturated heterocycles. The first-order chi connectivity index (χ1) is 15.2. The molecule has 1 N–H and O–H groups in total. The SMILES string of the molecule is CCOc1ccc(-c2nc3ncccn3c2NCc2ccccc2OC)cc1OCC. The van der Waals surface area contributed by atoms with Gasteiger partial charge < -0.3 is 19.5 Å². The first kappa shape index (κ1) is 20.5. The zero-order chi connectivity index (χ0) is 21.6. The lowest BCUT2D eigenvalue weighted by Crippen LogP contribution is -2.05. The number of anilines is 1. The average molecular weight is 418 g/mol.